The Morgan fingerprint density at radius 3 is 2.28 bits per heavy atom. The first-order valence-electron chi connectivity index (χ1n) is 11.1. The Bertz CT molecular complexity index is 334. The molecule has 148 valence electrons. The van der Waals surface area contributed by atoms with Crippen LogP contribution in [0.3, 0.4) is 0 Å². The summed E-state index contributed by atoms with van der Waals surface area (Å²) < 4.78 is 0. The SMILES string of the molecule is CCCCCC(C)(CC)CCCCCCCCNN1CCC[C@H]1C=O. The van der Waals surface area contributed by atoms with Gasteiger partial charge in [0.05, 0.1) is 6.04 Å². The van der Waals surface area contributed by atoms with E-state index in [1.807, 2.05) is 0 Å². The number of nitrogens with one attached hydrogen (secondary N) is 1. The number of hydrogen-bond donors (Lipinski definition) is 1. The molecule has 3 heteroatoms. The summed E-state index contributed by atoms with van der Waals surface area (Å²) >= 11 is 0. The molecule has 1 saturated heterocycles. The molecular weight excluding hydrogens is 308 g/mol. The Labute approximate surface area is 157 Å². The fourth-order valence-corrected chi connectivity index (χ4v) is 4.02. The fraction of sp³-hybridized carbons (Fsp3) is 0.955. The summed E-state index contributed by atoms with van der Waals surface area (Å²) in [6.07, 6.45) is 19.7. The number of carbonyl (C=O) groups is 1. The van der Waals surface area contributed by atoms with Crippen molar-refractivity contribution in [3.05, 3.63) is 0 Å². The van der Waals surface area contributed by atoms with Crippen LogP contribution < -0.4 is 5.43 Å². The van der Waals surface area contributed by atoms with Crippen molar-refractivity contribution in [2.24, 2.45) is 5.41 Å². The Hall–Kier alpha value is -0.410. The minimum Gasteiger partial charge on any atom is -0.302 e. The second-order valence-corrected chi connectivity index (χ2v) is 8.44. The monoisotopic (exact) mass is 352 g/mol. The van der Waals surface area contributed by atoms with Crippen molar-refractivity contribution in [2.75, 3.05) is 13.1 Å². The van der Waals surface area contributed by atoms with Crippen LogP contribution in [0.1, 0.15) is 111 Å². The van der Waals surface area contributed by atoms with Gasteiger partial charge in [0, 0.05) is 13.1 Å². The van der Waals surface area contributed by atoms with Gasteiger partial charge in [0.1, 0.15) is 6.29 Å². The Balaban J connectivity index is 1.94. The van der Waals surface area contributed by atoms with Gasteiger partial charge in [-0.25, -0.2) is 5.01 Å². The first-order chi connectivity index (χ1) is 12.1. The van der Waals surface area contributed by atoms with Crippen LogP contribution >= 0.6 is 0 Å². The zero-order valence-corrected chi connectivity index (χ0v) is 17.3. The van der Waals surface area contributed by atoms with E-state index in [0.717, 1.165) is 32.2 Å². The predicted molar refractivity (Wildman–Crippen MR) is 109 cm³/mol. The lowest BCUT2D eigenvalue weighted by molar-refractivity contribution is -0.112. The maximum atomic E-state index is 10.9. The van der Waals surface area contributed by atoms with E-state index in [1.54, 1.807) is 0 Å². The first kappa shape index (κ1) is 22.6. The van der Waals surface area contributed by atoms with E-state index in [2.05, 4.69) is 31.2 Å². The normalized spacial score (nSPS) is 20.7. The fourth-order valence-electron chi connectivity index (χ4n) is 4.02. The molecule has 0 aromatic carbocycles. The highest BCUT2D eigenvalue weighted by Gasteiger charge is 2.23. The van der Waals surface area contributed by atoms with Crippen LogP contribution in [0, 0.1) is 5.41 Å². The van der Waals surface area contributed by atoms with E-state index in [4.69, 9.17) is 0 Å². The van der Waals surface area contributed by atoms with E-state index in [0.29, 0.717) is 5.41 Å². The van der Waals surface area contributed by atoms with Crippen LogP contribution in [-0.4, -0.2) is 30.4 Å². The molecule has 0 aromatic heterocycles. The number of nitrogens with zero attached hydrogens (tertiary/aromatic N) is 1. The van der Waals surface area contributed by atoms with Crippen LogP contribution in [0.5, 0.6) is 0 Å². The third kappa shape index (κ3) is 9.75. The molecule has 0 aliphatic carbocycles. The molecule has 1 unspecified atom stereocenters. The molecule has 1 fully saturated rings. The second-order valence-electron chi connectivity index (χ2n) is 8.44. The van der Waals surface area contributed by atoms with Crippen molar-refractivity contribution in [2.45, 2.75) is 117 Å². The number of aldehydes is 1. The Morgan fingerprint density at radius 1 is 1.00 bits per heavy atom. The quantitative estimate of drug-likeness (QED) is 0.278. The van der Waals surface area contributed by atoms with Gasteiger partial charge in [-0.05, 0) is 37.5 Å². The molecule has 3 nitrogen and oxygen atoms in total. The van der Waals surface area contributed by atoms with Crippen LogP contribution in [-0.2, 0) is 4.79 Å². The van der Waals surface area contributed by atoms with E-state index in [1.165, 1.54) is 77.0 Å². The molecule has 1 rings (SSSR count). The maximum Gasteiger partial charge on any atom is 0.138 e. The molecule has 25 heavy (non-hydrogen) atoms. The van der Waals surface area contributed by atoms with Gasteiger partial charge in [-0.2, -0.15) is 0 Å². The van der Waals surface area contributed by atoms with Gasteiger partial charge in [-0.1, -0.05) is 78.6 Å². The van der Waals surface area contributed by atoms with Crippen molar-refractivity contribution < 1.29 is 4.79 Å². The molecule has 0 bridgehead atoms. The van der Waals surface area contributed by atoms with Gasteiger partial charge in [0.2, 0.25) is 0 Å². The van der Waals surface area contributed by atoms with E-state index in [-0.39, 0.29) is 6.04 Å². The zero-order valence-electron chi connectivity index (χ0n) is 17.3. The Morgan fingerprint density at radius 2 is 1.64 bits per heavy atom. The third-order valence-electron chi connectivity index (χ3n) is 6.22. The van der Waals surface area contributed by atoms with Gasteiger partial charge in [-0.3, -0.25) is 5.43 Å². The largest absolute Gasteiger partial charge is 0.302 e. The lowest BCUT2D eigenvalue weighted by atomic mass is 9.78. The Kier molecular flexibility index (Phi) is 12.4. The van der Waals surface area contributed by atoms with Gasteiger partial charge in [-0.15, -0.1) is 0 Å². The van der Waals surface area contributed by atoms with Crippen LogP contribution in [0.2, 0.25) is 0 Å². The standard InChI is InChI=1S/C22H44N2O/c1-4-6-11-16-22(3,5-2)17-12-9-7-8-10-13-18-23-24-19-14-15-21(24)20-25/h20-21,23H,4-19H2,1-3H3/t21-,22?/m0/s1. The summed E-state index contributed by atoms with van der Waals surface area (Å²) in [5.74, 6) is 0. The van der Waals surface area contributed by atoms with Gasteiger partial charge < -0.3 is 4.79 Å². The molecule has 0 saturated carbocycles. The smallest absolute Gasteiger partial charge is 0.138 e. The molecule has 1 heterocycles. The maximum absolute atomic E-state index is 10.9. The minimum absolute atomic E-state index is 0.116. The highest BCUT2D eigenvalue weighted by atomic mass is 16.1. The third-order valence-corrected chi connectivity index (χ3v) is 6.22. The topological polar surface area (TPSA) is 32.3 Å². The molecule has 2 atom stereocenters. The lowest BCUT2D eigenvalue weighted by Crippen LogP contribution is -2.42. The van der Waals surface area contributed by atoms with Crippen molar-refractivity contribution >= 4 is 6.29 Å². The highest BCUT2D eigenvalue weighted by molar-refractivity contribution is 5.57. The summed E-state index contributed by atoms with van der Waals surface area (Å²) in [6.45, 7) is 9.21. The van der Waals surface area contributed by atoms with Gasteiger partial charge in [0.25, 0.3) is 0 Å². The molecular formula is C22H44N2O. The average molecular weight is 353 g/mol. The minimum atomic E-state index is 0.116. The number of carbonyl (C=O) groups excluding carboxylic acids is 1. The average Bonchev–Trinajstić information content (AvgIpc) is 3.08. The lowest BCUT2D eigenvalue weighted by Gasteiger charge is -2.28. The summed E-state index contributed by atoms with van der Waals surface area (Å²) in [5.41, 5.74) is 4.03. The molecule has 1 N–H and O–H groups in total. The first-order valence-corrected chi connectivity index (χ1v) is 11.1. The second kappa shape index (κ2) is 13.7. The van der Waals surface area contributed by atoms with Crippen LogP contribution in [0.25, 0.3) is 0 Å². The molecule has 0 amide bonds. The number of rotatable bonds is 16. The molecule has 0 spiro atoms. The van der Waals surface area contributed by atoms with Gasteiger partial charge in [0.15, 0.2) is 0 Å². The van der Waals surface area contributed by atoms with Crippen molar-refractivity contribution in [3.8, 4) is 0 Å². The molecule has 1 aliphatic rings. The van der Waals surface area contributed by atoms with Crippen molar-refractivity contribution in [3.63, 3.8) is 0 Å². The van der Waals surface area contributed by atoms with Crippen molar-refractivity contribution in [1.29, 1.82) is 0 Å². The summed E-state index contributed by atoms with van der Waals surface area (Å²) in [6, 6.07) is 0.116. The van der Waals surface area contributed by atoms with E-state index < -0.39 is 0 Å². The number of hydrogen-bond acceptors (Lipinski definition) is 3. The predicted octanol–water partition coefficient (Wildman–Crippen LogP) is 5.88. The van der Waals surface area contributed by atoms with Gasteiger partial charge >= 0.3 is 0 Å². The highest BCUT2D eigenvalue weighted by Crippen LogP contribution is 2.34. The van der Waals surface area contributed by atoms with Crippen LogP contribution in [0.4, 0.5) is 0 Å². The van der Waals surface area contributed by atoms with Crippen LogP contribution in [0.15, 0.2) is 0 Å². The summed E-state index contributed by atoms with van der Waals surface area (Å²) in [4.78, 5) is 10.9. The molecule has 1 aliphatic heterocycles. The van der Waals surface area contributed by atoms with E-state index >= 15 is 0 Å². The zero-order chi connectivity index (χ0) is 18.4. The van der Waals surface area contributed by atoms with Crippen molar-refractivity contribution in [1.82, 2.24) is 10.4 Å². The number of hydrazine groups is 1. The number of unbranched alkanes of at least 4 members (excludes halogenated alkanes) is 7. The summed E-state index contributed by atoms with van der Waals surface area (Å²) in [7, 11) is 0. The van der Waals surface area contributed by atoms with E-state index in [9.17, 15) is 4.79 Å². The summed E-state index contributed by atoms with van der Waals surface area (Å²) in [5, 5.41) is 2.14. The molecule has 0 aromatic rings. The molecule has 0 radical (unpaired) electrons.